The van der Waals surface area contributed by atoms with E-state index in [2.05, 4.69) is 31.5 Å². The van der Waals surface area contributed by atoms with Gasteiger partial charge in [0, 0.05) is 27.8 Å². The van der Waals surface area contributed by atoms with Gasteiger partial charge in [0.1, 0.15) is 10.4 Å². The lowest BCUT2D eigenvalue weighted by atomic mass is 9.95. The number of amides is 2. The van der Waals surface area contributed by atoms with Crippen LogP contribution in [0.25, 0.3) is 0 Å². The third kappa shape index (κ3) is 5.07. The number of anilines is 1. The predicted octanol–water partition coefficient (Wildman–Crippen LogP) is 3.05. The summed E-state index contributed by atoms with van der Waals surface area (Å²) >= 11 is 3.27. The molecule has 0 aliphatic heterocycles. The number of urea groups is 1. The average Bonchev–Trinajstić information content (AvgIpc) is 2.46. The fraction of sp³-hybridized carbons (Fsp3) is 0.571. The van der Waals surface area contributed by atoms with E-state index in [1.807, 2.05) is 13.0 Å². The highest BCUT2D eigenvalue weighted by Crippen LogP contribution is 2.23. The summed E-state index contributed by atoms with van der Waals surface area (Å²) in [6, 6.07) is 5.18. The Bertz CT molecular complexity index is 527. The fourth-order valence-electron chi connectivity index (χ4n) is 2.57. The Hall–Kier alpha value is -0.950. The molecule has 1 aromatic rings. The smallest absolute Gasteiger partial charge is 0.320 e. The molecule has 7 heteroatoms. The van der Waals surface area contributed by atoms with E-state index in [1.165, 1.54) is 0 Å². The molecular formula is C14H20BrN3O2S. The molecule has 1 saturated carbocycles. The Morgan fingerprint density at radius 3 is 3.00 bits per heavy atom. The number of nitrogens with zero attached hydrogens (tertiary/aromatic N) is 1. The minimum atomic E-state index is -0.780. The van der Waals surface area contributed by atoms with E-state index in [9.17, 15) is 9.00 Å². The van der Waals surface area contributed by atoms with Crippen LogP contribution < -0.4 is 10.6 Å². The lowest BCUT2D eigenvalue weighted by Crippen LogP contribution is -2.43. The topological polar surface area (TPSA) is 71.1 Å². The van der Waals surface area contributed by atoms with Gasteiger partial charge >= 0.3 is 6.03 Å². The standard InChI is InChI=1S/C14H20BrN3O2S/c1-2-21(20)11-6-3-5-10(9-11)16-14(19)18-13-8-4-7-12(15)17-13/h4,7-8,10-11H,2-3,5-6,9H2,1H3,(H2,16,17,18,19)/t10-,11+,21+/m1/s1. The zero-order chi connectivity index (χ0) is 15.2. The van der Waals surface area contributed by atoms with Crippen LogP contribution in [0.2, 0.25) is 0 Å². The molecule has 2 amide bonds. The Morgan fingerprint density at radius 1 is 1.48 bits per heavy atom. The number of pyridine rings is 1. The highest BCUT2D eigenvalue weighted by atomic mass is 79.9. The SMILES string of the molecule is CC[S@](=O)[C@H]1CCC[C@@H](NC(=O)Nc2cccc(Br)n2)C1. The van der Waals surface area contributed by atoms with Gasteiger partial charge in [-0.3, -0.25) is 9.53 Å². The Labute approximate surface area is 135 Å². The summed E-state index contributed by atoms with van der Waals surface area (Å²) in [6.07, 6.45) is 3.74. The third-order valence-electron chi connectivity index (χ3n) is 3.57. The first kappa shape index (κ1) is 16.4. The summed E-state index contributed by atoms with van der Waals surface area (Å²) < 4.78 is 12.6. The summed E-state index contributed by atoms with van der Waals surface area (Å²) in [6.45, 7) is 1.94. The second-order valence-corrected chi connectivity index (χ2v) is 7.92. The van der Waals surface area contributed by atoms with E-state index < -0.39 is 10.8 Å². The molecule has 0 aromatic carbocycles. The maximum absolute atomic E-state index is 12.0. The van der Waals surface area contributed by atoms with Crippen LogP contribution in [-0.2, 0) is 10.8 Å². The van der Waals surface area contributed by atoms with Gasteiger partial charge in [0.15, 0.2) is 0 Å². The van der Waals surface area contributed by atoms with Crippen molar-refractivity contribution in [3.05, 3.63) is 22.8 Å². The minimum absolute atomic E-state index is 0.0893. The van der Waals surface area contributed by atoms with E-state index in [0.717, 1.165) is 25.7 Å². The molecule has 3 atom stereocenters. The minimum Gasteiger partial charge on any atom is -0.335 e. The molecule has 0 saturated heterocycles. The molecule has 0 spiro atoms. The maximum atomic E-state index is 12.0. The first-order chi connectivity index (χ1) is 10.1. The molecule has 1 aliphatic carbocycles. The van der Waals surface area contributed by atoms with E-state index in [4.69, 9.17) is 0 Å². The molecule has 5 nitrogen and oxygen atoms in total. The number of carbonyl (C=O) groups is 1. The van der Waals surface area contributed by atoms with Crippen molar-refractivity contribution in [2.24, 2.45) is 0 Å². The van der Waals surface area contributed by atoms with Crippen LogP contribution >= 0.6 is 15.9 Å². The van der Waals surface area contributed by atoms with Crippen molar-refractivity contribution >= 4 is 38.6 Å². The molecule has 0 bridgehead atoms. The van der Waals surface area contributed by atoms with Gasteiger partial charge in [-0.1, -0.05) is 19.4 Å². The van der Waals surface area contributed by atoms with Gasteiger partial charge in [-0.2, -0.15) is 0 Å². The van der Waals surface area contributed by atoms with Crippen LogP contribution in [0.1, 0.15) is 32.6 Å². The Kier molecular flexibility index (Phi) is 6.17. The molecular weight excluding hydrogens is 354 g/mol. The predicted molar refractivity (Wildman–Crippen MR) is 88.8 cm³/mol. The normalized spacial score (nSPS) is 23.3. The highest BCUT2D eigenvalue weighted by Gasteiger charge is 2.26. The molecule has 1 heterocycles. The van der Waals surface area contributed by atoms with Crippen molar-refractivity contribution in [1.82, 2.24) is 10.3 Å². The van der Waals surface area contributed by atoms with Crippen LogP contribution in [-0.4, -0.2) is 32.3 Å². The second kappa shape index (κ2) is 7.89. The van der Waals surface area contributed by atoms with Gasteiger partial charge in [-0.25, -0.2) is 9.78 Å². The van der Waals surface area contributed by atoms with Crippen LogP contribution in [0.3, 0.4) is 0 Å². The molecule has 1 aliphatic rings. The van der Waals surface area contributed by atoms with Crippen molar-refractivity contribution in [2.45, 2.75) is 43.9 Å². The Balaban J connectivity index is 1.86. The van der Waals surface area contributed by atoms with E-state index in [-0.39, 0.29) is 17.3 Å². The fourth-order valence-corrected chi connectivity index (χ4v) is 4.26. The van der Waals surface area contributed by atoms with Crippen LogP contribution in [0.5, 0.6) is 0 Å². The number of rotatable bonds is 4. The third-order valence-corrected chi connectivity index (χ3v) is 5.76. The number of hydrogen-bond acceptors (Lipinski definition) is 3. The number of halogens is 1. The molecule has 0 unspecified atom stereocenters. The van der Waals surface area contributed by atoms with Crippen LogP contribution in [0, 0.1) is 0 Å². The number of hydrogen-bond donors (Lipinski definition) is 2. The molecule has 1 aromatic heterocycles. The van der Waals surface area contributed by atoms with Gasteiger partial charge < -0.3 is 5.32 Å². The second-order valence-electron chi connectivity index (χ2n) is 5.10. The zero-order valence-corrected chi connectivity index (χ0v) is 14.4. The van der Waals surface area contributed by atoms with Crippen molar-refractivity contribution < 1.29 is 9.00 Å². The van der Waals surface area contributed by atoms with E-state index in [1.54, 1.807) is 12.1 Å². The van der Waals surface area contributed by atoms with Crippen molar-refractivity contribution in [3.8, 4) is 0 Å². The molecule has 0 radical (unpaired) electrons. The Morgan fingerprint density at radius 2 is 2.29 bits per heavy atom. The van der Waals surface area contributed by atoms with Gasteiger partial charge in [-0.15, -0.1) is 0 Å². The van der Waals surface area contributed by atoms with Crippen molar-refractivity contribution in [1.29, 1.82) is 0 Å². The molecule has 2 N–H and O–H groups in total. The zero-order valence-electron chi connectivity index (χ0n) is 12.0. The largest absolute Gasteiger partial charge is 0.335 e. The summed E-state index contributed by atoms with van der Waals surface area (Å²) in [4.78, 5) is 16.1. The molecule has 2 rings (SSSR count). The van der Waals surface area contributed by atoms with Crippen LogP contribution in [0.15, 0.2) is 22.8 Å². The molecule has 116 valence electrons. The summed E-state index contributed by atoms with van der Waals surface area (Å²) in [7, 11) is -0.780. The summed E-state index contributed by atoms with van der Waals surface area (Å²) in [5.74, 6) is 1.19. The van der Waals surface area contributed by atoms with Gasteiger partial charge in [0.2, 0.25) is 0 Å². The average molecular weight is 374 g/mol. The van der Waals surface area contributed by atoms with E-state index >= 15 is 0 Å². The van der Waals surface area contributed by atoms with E-state index in [0.29, 0.717) is 16.2 Å². The molecule has 21 heavy (non-hydrogen) atoms. The van der Waals surface area contributed by atoms with Gasteiger partial charge in [0.25, 0.3) is 0 Å². The van der Waals surface area contributed by atoms with Crippen molar-refractivity contribution in [2.75, 3.05) is 11.1 Å². The molecule has 1 fully saturated rings. The lowest BCUT2D eigenvalue weighted by molar-refractivity contribution is 0.244. The summed E-state index contributed by atoms with van der Waals surface area (Å²) in [5.41, 5.74) is 0. The quantitative estimate of drug-likeness (QED) is 0.796. The first-order valence-corrected chi connectivity index (χ1v) is 9.33. The number of aromatic nitrogens is 1. The van der Waals surface area contributed by atoms with Gasteiger partial charge in [-0.05, 0) is 47.3 Å². The summed E-state index contributed by atoms with van der Waals surface area (Å²) in [5, 5.41) is 5.88. The van der Waals surface area contributed by atoms with Crippen molar-refractivity contribution in [3.63, 3.8) is 0 Å². The first-order valence-electron chi connectivity index (χ1n) is 7.15. The van der Waals surface area contributed by atoms with Gasteiger partial charge in [0.05, 0.1) is 0 Å². The monoisotopic (exact) mass is 373 g/mol. The maximum Gasteiger partial charge on any atom is 0.320 e. The number of carbonyl (C=O) groups excluding carboxylic acids is 1. The lowest BCUT2D eigenvalue weighted by Gasteiger charge is -2.29. The highest BCUT2D eigenvalue weighted by molar-refractivity contribution is 9.10. The van der Waals surface area contributed by atoms with Crippen LogP contribution in [0.4, 0.5) is 10.6 Å². The number of nitrogens with one attached hydrogen (secondary N) is 2.